The van der Waals surface area contributed by atoms with E-state index in [1.54, 1.807) is 37.3 Å². The Morgan fingerprint density at radius 1 is 1.07 bits per heavy atom. The van der Waals surface area contributed by atoms with E-state index in [2.05, 4.69) is 16.0 Å². The summed E-state index contributed by atoms with van der Waals surface area (Å²) in [5.74, 6) is -1.28. The summed E-state index contributed by atoms with van der Waals surface area (Å²) in [7, 11) is 0. The molecule has 1 saturated heterocycles. The molecule has 2 aliphatic rings. The van der Waals surface area contributed by atoms with Crippen molar-refractivity contribution in [2.75, 3.05) is 11.9 Å². The molecule has 6 amide bonds. The number of anilines is 1. The summed E-state index contributed by atoms with van der Waals surface area (Å²) in [6.07, 6.45) is 3.04. The highest BCUT2D eigenvalue weighted by Gasteiger charge is 2.49. The number of hydrogen-bond donors (Lipinski definition) is 3. The Bertz CT molecular complexity index is 1040. The summed E-state index contributed by atoms with van der Waals surface area (Å²) in [6.45, 7) is 1.08. The van der Waals surface area contributed by atoms with Crippen LogP contribution in [0, 0.1) is 0 Å². The molecule has 0 spiro atoms. The Balaban J connectivity index is 1.42. The molecular formula is C22H22N4O4. The lowest BCUT2D eigenvalue weighted by molar-refractivity contribution is -0.134. The van der Waals surface area contributed by atoms with Gasteiger partial charge in [-0.25, -0.2) is 9.59 Å². The fourth-order valence-corrected chi connectivity index (χ4v) is 3.91. The lowest BCUT2D eigenvalue weighted by Gasteiger charge is -2.23. The van der Waals surface area contributed by atoms with Crippen LogP contribution in [0.25, 0.3) is 0 Å². The van der Waals surface area contributed by atoms with E-state index in [1.165, 1.54) is 11.1 Å². The number of aryl methyl sites for hydroxylation is 2. The monoisotopic (exact) mass is 406 g/mol. The van der Waals surface area contributed by atoms with E-state index in [9.17, 15) is 19.2 Å². The lowest BCUT2D eigenvalue weighted by Crippen LogP contribution is -2.45. The van der Waals surface area contributed by atoms with Crippen molar-refractivity contribution in [1.29, 1.82) is 0 Å². The number of hydrogen-bond acceptors (Lipinski definition) is 4. The molecule has 0 bridgehead atoms. The number of nitrogens with zero attached hydrogens (tertiary/aromatic N) is 1. The number of carbonyl (C=O) groups is 4. The van der Waals surface area contributed by atoms with Crippen LogP contribution in [0.1, 0.15) is 30.0 Å². The average molecular weight is 406 g/mol. The van der Waals surface area contributed by atoms with Crippen LogP contribution < -0.4 is 16.0 Å². The molecule has 2 aromatic carbocycles. The smallest absolute Gasteiger partial charge is 0.319 e. The highest BCUT2D eigenvalue weighted by molar-refractivity contribution is 6.10. The zero-order valence-electron chi connectivity index (χ0n) is 16.5. The van der Waals surface area contributed by atoms with Gasteiger partial charge in [-0.3, -0.25) is 19.8 Å². The first-order chi connectivity index (χ1) is 14.4. The second kappa shape index (κ2) is 7.62. The number of nitrogens with one attached hydrogen (secondary N) is 3. The summed E-state index contributed by atoms with van der Waals surface area (Å²) in [5, 5.41) is 7.34. The fraction of sp³-hybridized carbons (Fsp3) is 0.273. The molecule has 0 saturated carbocycles. The van der Waals surface area contributed by atoms with Crippen LogP contribution in [0.4, 0.5) is 15.3 Å². The minimum atomic E-state index is -1.25. The topological polar surface area (TPSA) is 108 Å². The molecule has 1 fully saturated rings. The van der Waals surface area contributed by atoms with Gasteiger partial charge in [0.2, 0.25) is 5.91 Å². The first-order valence-electron chi connectivity index (χ1n) is 9.79. The number of carbonyl (C=O) groups excluding carboxylic acids is 4. The van der Waals surface area contributed by atoms with Crippen LogP contribution in [0.5, 0.6) is 0 Å². The van der Waals surface area contributed by atoms with E-state index in [0.717, 1.165) is 24.2 Å². The van der Waals surface area contributed by atoms with Crippen molar-refractivity contribution < 1.29 is 19.2 Å². The van der Waals surface area contributed by atoms with Gasteiger partial charge in [-0.2, -0.15) is 0 Å². The SMILES string of the molecule is CC1(c2ccc3c(c2)CCC3)NC(=O)N(CC(=O)NC(=O)Nc2ccccc2)C1=O. The third-order valence-electron chi connectivity index (χ3n) is 5.54. The zero-order valence-corrected chi connectivity index (χ0v) is 16.5. The molecule has 1 aliphatic heterocycles. The van der Waals surface area contributed by atoms with Crippen LogP contribution in [0.3, 0.4) is 0 Å². The molecule has 30 heavy (non-hydrogen) atoms. The molecule has 1 heterocycles. The van der Waals surface area contributed by atoms with Gasteiger partial charge in [-0.1, -0.05) is 36.4 Å². The number of para-hydroxylation sites is 1. The third kappa shape index (κ3) is 3.63. The summed E-state index contributed by atoms with van der Waals surface area (Å²) < 4.78 is 0. The molecule has 1 aliphatic carbocycles. The Hall–Kier alpha value is -3.68. The van der Waals surface area contributed by atoms with Crippen molar-refractivity contribution >= 4 is 29.6 Å². The van der Waals surface area contributed by atoms with E-state index in [0.29, 0.717) is 11.3 Å². The maximum Gasteiger partial charge on any atom is 0.325 e. The van der Waals surface area contributed by atoms with Gasteiger partial charge >= 0.3 is 12.1 Å². The maximum atomic E-state index is 13.0. The largest absolute Gasteiger partial charge is 0.325 e. The molecule has 0 radical (unpaired) electrons. The molecule has 0 aromatic heterocycles. The lowest BCUT2D eigenvalue weighted by atomic mass is 9.89. The maximum absolute atomic E-state index is 13.0. The molecular weight excluding hydrogens is 384 g/mol. The highest BCUT2D eigenvalue weighted by Crippen LogP contribution is 2.32. The third-order valence-corrected chi connectivity index (χ3v) is 5.54. The van der Waals surface area contributed by atoms with Crippen LogP contribution in [-0.4, -0.2) is 35.3 Å². The quantitative estimate of drug-likeness (QED) is 0.677. The average Bonchev–Trinajstić information content (AvgIpc) is 3.27. The number of rotatable bonds is 4. The molecule has 8 heteroatoms. The van der Waals surface area contributed by atoms with Gasteiger partial charge in [-0.05, 0) is 55.0 Å². The van der Waals surface area contributed by atoms with Crippen LogP contribution in [0.15, 0.2) is 48.5 Å². The van der Waals surface area contributed by atoms with Gasteiger partial charge in [0, 0.05) is 5.69 Å². The minimum Gasteiger partial charge on any atom is -0.319 e. The Morgan fingerprint density at radius 2 is 1.80 bits per heavy atom. The van der Waals surface area contributed by atoms with Crippen molar-refractivity contribution in [2.24, 2.45) is 0 Å². The molecule has 3 N–H and O–H groups in total. The fourth-order valence-electron chi connectivity index (χ4n) is 3.91. The van der Waals surface area contributed by atoms with E-state index in [1.807, 2.05) is 18.2 Å². The van der Waals surface area contributed by atoms with E-state index >= 15 is 0 Å². The van der Waals surface area contributed by atoms with Crippen molar-refractivity contribution in [3.63, 3.8) is 0 Å². The number of imide groups is 2. The molecule has 154 valence electrons. The van der Waals surface area contributed by atoms with Gasteiger partial charge in [0.15, 0.2) is 0 Å². The Labute approximate surface area is 173 Å². The Kier molecular flexibility index (Phi) is 4.99. The minimum absolute atomic E-state index is 0.516. The molecule has 1 unspecified atom stereocenters. The van der Waals surface area contributed by atoms with Crippen LogP contribution in [-0.2, 0) is 28.0 Å². The highest BCUT2D eigenvalue weighted by atomic mass is 16.2. The van der Waals surface area contributed by atoms with Gasteiger partial charge in [0.1, 0.15) is 12.1 Å². The standard InChI is InChI=1S/C22H22N4O4/c1-22(16-11-10-14-6-5-7-15(14)12-16)19(28)26(21(30)25-22)13-18(27)24-20(29)23-17-8-3-2-4-9-17/h2-4,8-12H,5-7,13H2,1H3,(H,25,30)(H2,23,24,27,29). The molecule has 1 atom stereocenters. The van der Waals surface area contributed by atoms with E-state index < -0.39 is 36.0 Å². The van der Waals surface area contributed by atoms with Crippen molar-refractivity contribution in [3.8, 4) is 0 Å². The number of amides is 6. The predicted molar refractivity (Wildman–Crippen MR) is 110 cm³/mol. The Morgan fingerprint density at radius 3 is 2.57 bits per heavy atom. The van der Waals surface area contributed by atoms with Gasteiger partial charge in [-0.15, -0.1) is 0 Å². The van der Waals surface area contributed by atoms with Gasteiger partial charge in [0.05, 0.1) is 0 Å². The zero-order chi connectivity index (χ0) is 21.3. The van der Waals surface area contributed by atoms with Crippen LogP contribution in [0.2, 0.25) is 0 Å². The van der Waals surface area contributed by atoms with Crippen molar-refractivity contribution in [1.82, 2.24) is 15.5 Å². The van der Waals surface area contributed by atoms with E-state index in [4.69, 9.17) is 0 Å². The molecule has 2 aromatic rings. The first-order valence-corrected chi connectivity index (χ1v) is 9.79. The summed E-state index contributed by atoms with van der Waals surface area (Å²) in [6, 6.07) is 13.0. The number of benzene rings is 2. The van der Waals surface area contributed by atoms with Gasteiger partial charge in [0.25, 0.3) is 5.91 Å². The second-order valence-electron chi connectivity index (χ2n) is 7.65. The van der Waals surface area contributed by atoms with Crippen LogP contribution >= 0.6 is 0 Å². The van der Waals surface area contributed by atoms with Crippen molar-refractivity contribution in [2.45, 2.75) is 31.7 Å². The molecule has 4 rings (SSSR count). The predicted octanol–water partition coefficient (Wildman–Crippen LogP) is 2.29. The van der Waals surface area contributed by atoms with Crippen molar-refractivity contribution in [3.05, 3.63) is 65.2 Å². The molecule has 8 nitrogen and oxygen atoms in total. The second-order valence-corrected chi connectivity index (χ2v) is 7.65. The number of fused-ring (bicyclic) bond motifs is 1. The summed E-state index contributed by atoms with van der Waals surface area (Å²) in [5.41, 5.74) is 2.40. The normalized spacial score (nSPS) is 20.0. The summed E-state index contributed by atoms with van der Waals surface area (Å²) in [4.78, 5) is 50.5. The number of urea groups is 2. The van der Waals surface area contributed by atoms with E-state index in [-0.39, 0.29) is 0 Å². The first kappa shape index (κ1) is 19.6. The van der Waals surface area contributed by atoms with Gasteiger partial charge < -0.3 is 10.6 Å². The summed E-state index contributed by atoms with van der Waals surface area (Å²) >= 11 is 0.